The van der Waals surface area contributed by atoms with Crippen molar-refractivity contribution < 1.29 is 14.2 Å². The van der Waals surface area contributed by atoms with Gasteiger partial charge in [-0.1, -0.05) is 13.8 Å². The highest BCUT2D eigenvalue weighted by Crippen LogP contribution is 2.34. The van der Waals surface area contributed by atoms with Gasteiger partial charge in [0.15, 0.2) is 6.23 Å². The molecule has 1 aliphatic rings. The average Bonchev–Trinajstić information content (AvgIpc) is 3.45. The lowest BCUT2D eigenvalue weighted by molar-refractivity contribution is -0.0384. The van der Waals surface area contributed by atoms with E-state index in [0.717, 1.165) is 84.3 Å². The third kappa shape index (κ3) is 5.74. The van der Waals surface area contributed by atoms with E-state index in [1.807, 2.05) is 41.2 Å². The zero-order valence-corrected chi connectivity index (χ0v) is 22.6. The van der Waals surface area contributed by atoms with Crippen molar-refractivity contribution >= 4 is 22.4 Å². The Hall–Kier alpha value is -3.69. The van der Waals surface area contributed by atoms with Crippen molar-refractivity contribution in [2.75, 3.05) is 38.8 Å². The number of hydrogen-bond acceptors (Lipinski definition) is 8. The normalized spacial score (nSPS) is 15.7. The second-order valence-electron chi connectivity index (χ2n) is 9.74. The molecule has 1 unspecified atom stereocenters. The van der Waals surface area contributed by atoms with Crippen LogP contribution in [0.25, 0.3) is 22.4 Å². The van der Waals surface area contributed by atoms with E-state index in [9.17, 15) is 0 Å². The Kier molecular flexibility index (Phi) is 8.05. The molecule has 4 aromatic rings. The zero-order chi connectivity index (χ0) is 26.5. The lowest BCUT2D eigenvalue weighted by Gasteiger charge is -2.27. The van der Waals surface area contributed by atoms with Gasteiger partial charge in [-0.15, -0.1) is 0 Å². The molecule has 9 heteroatoms. The minimum Gasteiger partial charge on any atom is -0.497 e. The number of benzene rings is 2. The molecular weight excluding hydrogens is 480 g/mol. The Balaban J connectivity index is 1.52. The van der Waals surface area contributed by atoms with E-state index in [2.05, 4.69) is 41.3 Å². The first kappa shape index (κ1) is 25.9. The highest BCUT2D eigenvalue weighted by atomic mass is 16.5. The smallest absolute Gasteiger partial charge is 0.150 e. The van der Waals surface area contributed by atoms with E-state index in [1.165, 1.54) is 0 Å². The fourth-order valence-electron chi connectivity index (χ4n) is 4.77. The number of aromatic nitrogens is 4. The molecule has 9 nitrogen and oxygen atoms in total. The summed E-state index contributed by atoms with van der Waals surface area (Å²) >= 11 is 0. The summed E-state index contributed by atoms with van der Waals surface area (Å²) in [5.41, 5.74) is 5.32. The average molecular weight is 517 g/mol. The van der Waals surface area contributed by atoms with E-state index in [4.69, 9.17) is 24.2 Å². The summed E-state index contributed by atoms with van der Waals surface area (Å²) in [6, 6.07) is 14.5. The molecule has 0 aliphatic carbocycles. The van der Waals surface area contributed by atoms with Crippen molar-refractivity contribution in [3.05, 3.63) is 54.9 Å². The third-order valence-electron chi connectivity index (χ3n) is 6.73. The Morgan fingerprint density at radius 2 is 1.84 bits per heavy atom. The number of methoxy groups -OCH3 is 2. The maximum Gasteiger partial charge on any atom is 0.150 e. The lowest BCUT2D eigenvalue weighted by Crippen LogP contribution is -2.32. The number of rotatable bonds is 10. The Bertz CT molecular complexity index is 1340. The summed E-state index contributed by atoms with van der Waals surface area (Å²) < 4.78 is 19.0. The van der Waals surface area contributed by atoms with Crippen LogP contribution in [0.5, 0.6) is 11.5 Å². The van der Waals surface area contributed by atoms with E-state index in [1.54, 1.807) is 20.4 Å². The van der Waals surface area contributed by atoms with Crippen molar-refractivity contribution in [1.82, 2.24) is 25.1 Å². The maximum atomic E-state index is 5.98. The highest BCUT2D eigenvalue weighted by molar-refractivity contribution is 5.82. The van der Waals surface area contributed by atoms with E-state index >= 15 is 0 Å². The van der Waals surface area contributed by atoms with Gasteiger partial charge in [0, 0.05) is 61.5 Å². The van der Waals surface area contributed by atoms with Crippen molar-refractivity contribution in [2.45, 2.75) is 45.4 Å². The summed E-state index contributed by atoms with van der Waals surface area (Å²) in [7, 11) is 3.33. The van der Waals surface area contributed by atoms with Gasteiger partial charge in [0.25, 0.3) is 0 Å². The molecule has 3 heterocycles. The molecule has 1 fully saturated rings. The largest absolute Gasteiger partial charge is 0.497 e. The van der Waals surface area contributed by atoms with Crippen molar-refractivity contribution in [3.8, 4) is 22.9 Å². The van der Waals surface area contributed by atoms with Gasteiger partial charge in [0.2, 0.25) is 0 Å². The molecule has 1 saturated heterocycles. The Labute approximate surface area is 223 Å². The molecule has 0 spiro atoms. The van der Waals surface area contributed by atoms with Crippen LogP contribution in [0.1, 0.15) is 39.3 Å². The summed E-state index contributed by atoms with van der Waals surface area (Å²) in [5, 5.41) is 8.07. The fourth-order valence-corrected chi connectivity index (χ4v) is 4.77. The monoisotopic (exact) mass is 516 g/mol. The van der Waals surface area contributed by atoms with Gasteiger partial charge in [0.1, 0.15) is 17.2 Å². The van der Waals surface area contributed by atoms with E-state index in [-0.39, 0.29) is 6.23 Å². The summed E-state index contributed by atoms with van der Waals surface area (Å²) in [6.45, 7) is 6.61. The van der Waals surface area contributed by atoms with Gasteiger partial charge < -0.3 is 24.4 Å². The van der Waals surface area contributed by atoms with Crippen LogP contribution in [0.4, 0.5) is 11.4 Å². The molecule has 2 aromatic carbocycles. The Morgan fingerprint density at radius 1 is 1.03 bits per heavy atom. The van der Waals surface area contributed by atoms with Gasteiger partial charge in [-0.05, 0) is 43.5 Å². The van der Waals surface area contributed by atoms with Crippen LogP contribution in [0.2, 0.25) is 0 Å². The van der Waals surface area contributed by atoms with Crippen LogP contribution in [-0.4, -0.2) is 59.7 Å². The number of nitrogens with one attached hydrogen (secondary N) is 1. The summed E-state index contributed by atoms with van der Waals surface area (Å²) in [5.74, 6) is 1.48. The summed E-state index contributed by atoms with van der Waals surface area (Å²) in [4.78, 5) is 12.0. The van der Waals surface area contributed by atoms with Crippen LogP contribution < -0.4 is 19.7 Å². The van der Waals surface area contributed by atoms with Gasteiger partial charge in [-0.25, -0.2) is 9.67 Å². The number of ether oxygens (including phenoxy) is 3. The first-order valence-electron chi connectivity index (χ1n) is 13.2. The first-order chi connectivity index (χ1) is 18.6. The van der Waals surface area contributed by atoms with Crippen molar-refractivity contribution in [3.63, 3.8) is 0 Å². The first-order valence-corrected chi connectivity index (χ1v) is 13.2. The third-order valence-corrected chi connectivity index (χ3v) is 6.73. The molecule has 1 atom stereocenters. The predicted molar refractivity (Wildman–Crippen MR) is 149 cm³/mol. The molecule has 1 aliphatic heterocycles. The number of nitrogens with zero attached hydrogens (tertiary/aromatic N) is 5. The number of fused-ring (bicyclic) bond motifs is 1. The summed E-state index contributed by atoms with van der Waals surface area (Å²) in [6.07, 6.45) is 6.72. The van der Waals surface area contributed by atoms with Gasteiger partial charge in [-0.2, -0.15) is 5.10 Å². The second-order valence-corrected chi connectivity index (χ2v) is 9.74. The highest BCUT2D eigenvalue weighted by Gasteiger charge is 2.21. The molecule has 0 radical (unpaired) electrons. The Morgan fingerprint density at radius 3 is 2.55 bits per heavy atom. The minimum atomic E-state index is -0.0652. The van der Waals surface area contributed by atoms with E-state index in [0.29, 0.717) is 6.04 Å². The maximum absolute atomic E-state index is 5.98. The van der Waals surface area contributed by atoms with Gasteiger partial charge in [0.05, 0.1) is 37.1 Å². The number of hydrogen-bond donors (Lipinski definition) is 1. The quantitative estimate of drug-likeness (QED) is 0.302. The second kappa shape index (κ2) is 11.8. The molecule has 5 rings (SSSR count). The fraction of sp³-hybridized carbons (Fsp3) is 0.414. The standard InChI is InChI=1S/C29H36N6O3/c1-20(2)30-12-13-34(22-15-23(36-3)18-24(16-22)37-4)21-8-9-25-26(17-21)33-27(19-31-25)28-10-11-32-35(28)29-7-5-6-14-38-29/h8-11,15-20,29-30H,5-7,12-14H2,1-4H3. The molecular formula is C29H36N6O3. The van der Waals surface area contributed by atoms with Gasteiger partial charge in [-0.3, -0.25) is 4.98 Å². The van der Waals surface area contributed by atoms with Crippen LogP contribution in [0.15, 0.2) is 54.9 Å². The molecule has 0 bridgehead atoms. The van der Waals surface area contributed by atoms with Crippen molar-refractivity contribution in [1.29, 1.82) is 0 Å². The van der Waals surface area contributed by atoms with E-state index < -0.39 is 0 Å². The van der Waals surface area contributed by atoms with Crippen LogP contribution in [0.3, 0.4) is 0 Å². The van der Waals surface area contributed by atoms with Crippen molar-refractivity contribution in [2.24, 2.45) is 0 Å². The minimum absolute atomic E-state index is 0.0652. The number of anilines is 2. The van der Waals surface area contributed by atoms with Crippen LogP contribution >= 0.6 is 0 Å². The molecule has 1 N–H and O–H groups in total. The predicted octanol–water partition coefficient (Wildman–Crippen LogP) is 5.35. The lowest BCUT2D eigenvalue weighted by atomic mass is 10.1. The molecule has 2 aromatic heterocycles. The van der Waals surface area contributed by atoms with Crippen LogP contribution in [0, 0.1) is 0 Å². The SMILES string of the molecule is COc1cc(OC)cc(N(CCNC(C)C)c2ccc3ncc(-c4ccnn4C4CCCCO4)nc3c2)c1. The van der Waals surface area contributed by atoms with Gasteiger partial charge >= 0.3 is 0 Å². The molecule has 200 valence electrons. The topological polar surface area (TPSA) is 86.6 Å². The molecule has 38 heavy (non-hydrogen) atoms. The van der Waals surface area contributed by atoms with Crippen LogP contribution in [-0.2, 0) is 4.74 Å². The molecule has 0 amide bonds. The molecule has 0 saturated carbocycles. The zero-order valence-electron chi connectivity index (χ0n) is 22.6.